The Labute approximate surface area is 153 Å². The van der Waals surface area contributed by atoms with Crippen molar-refractivity contribution in [3.63, 3.8) is 0 Å². The predicted octanol–water partition coefficient (Wildman–Crippen LogP) is 2.67. The number of amides is 1. The largest absolute Gasteiger partial charge is 0.493 e. The van der Waals surface area contributed by atoms with Crippen LogP contribution in [0.4, 0.5) is 0 Å². The van der Waals surface area contributed by atoms with Crippen LogP contribution in [0, 0.1) is 0 Å². The van der Waals surface area contributed by atoms with Gasteiger partial charge in [-0.1, -0.05) is 36.4 Å². The number of carbonyl (C=O) groups excluding carboxylic acids is 2. The van der Waals surface area contributed by atoms with Crippen molar-refractivity contribution in [1.29, 1.82) is 0 Å². The molecule has 0 heterocycles. The van der Waals surface area contributed by atoms with Gasteiger partial charge < -0.3 is 19.5 Å². The molecule has 2 rings (SSSR count). The molecule has 6 nitrogen and oxygen atoms in total. The van der Waals surface area contributed by atoms with Crippen molar-refractivity contribution in [2.45, 2.75) is 19.4 Å². The first-order valence-corrected chi connectivity index (χ1v) is 8.24. The second-order valence-electron chi connectivity index (χ2n) is 5.73. The first-order chi connectivity index (χ1) is 12.5. The zero-order chi connectivity index (χ0) is 18.9. The van der Waals surface area contributed by atoms with E-state index < -0.39 is 5.97 Å². The fourth-order valence-corrected chi connectivity index (χ4v) is 2.46. The molecule has 1 amide bonds. The maximum atomic E-state index is 12.0. The fraction of sp³-hybridized carbons (Fsp3) is 0.300. The Morgan fingerprint density at radius 1 is 1.00 bits per heavy atom. The van der Waals surface area contributed by atoms with Crippen molar-refractivity contribution in [1.82, 2.24) is 5.32 Å². The minimum Gasteiger partial charge on any atom is -0.493 e. The lowest BCUT2D eigenvalue weighted by molar-refractivity contribution is -0.148. The van der Waals surface area contributed by atoms with E-state index in [1.54, 1.807) is 25.3 Å². The van der Waals surface area contributed by atoms with Crippen molar-refractivity contribution in [3.8, 4) is 11.5 Å². The molecule has 0 bridgehead atoms. The summed E-state index contributed by atoms with van der Waals surface area (Å²) in [5, 5.41) is 2.80. The van der Waals surface area contributed by atoms with Crippen LogP contribution in [0.3, 0.4) is 0 Å². The van der Waals surface area contributed by atoms with Gasteiger partial charge in [-0.05, 0) is 30.2 Å². The highest BCUT2D eigenvalue weighted by molar-refractivity contribution is 5.81. The Morgan fingerprint density at radius 3 is 2.35 bits per heavy atom. The normalized spacial score (nSPS) is 11.3. The smallest absolute Gasteiger partial charge is 0.310 e. The fourth-order valence-electron chi connectivity index (χ4n) is 2.46. The van der Waals surface area contributed by atoms with Gasteiger partial charge in [0, 0.05) is 0 Å². The lowest BCUT2D eigenvalue weighted by atomic mass is 10.1. The van der Waals surface area contributed by atoms with Gasteiger partial charge in [0.15, 0.2) is 18.1 Å². The molecule has 138 valence electrons. The predicted molar refractivity (Wildman–Crippen MR) is 97.2 cm³/mol. The summed E-state index contributed by atoms with van der Waals surface area (Å²) in [6.07, 6.45) is 0.0435. The average molecular weight is 357 g/mol. The van der Waals surface area contributed by atoms with Crippen LogP contribution in [0.2, 0.25) is 0 Å². The Bertz CT molecular complexity index is 745. The van der Waals surface area contributed by atoms with Crippen LogP contribution in [0.5, 0.6) is 11.5 Å². The van der Waals surface area contributed by atoms with Crippen LogP contribution in [0.1, 0.15) is 24.1 Å². The molecule has 1 atom stereocenters. The maximum absolute atomic E-state index is 12.0. The van der Waals surface area contributed by atoms with Gasteiger partial charge in [-0.3, -0.25) is 9.59 Å². The summed E-state index contributed by atoms with van der Waals surface area (Å²) in [7, 11) is 3.07. The molecule has 0 aliphatic heterocycles. The monoisotopic (exact) mass is 357 g/mol. The highest BCUT2D eigenvalue weighted by Crippen LogP contribution is 2.27. The van der Waals surface area contributed by atoms with E-state index in [-0.39, 0.29) is 25.0 Å². The van der Waals surface area contributed by atoms with E-state index in [0.29, 0.717) is 17.1 Å². The van der Waals surface area contributed by atoms with E-state index in [2.05, 4.69) is 5.32 Å². The number of ether oxygens (including phenoxy) is 3. The standard InChI is InChI=1S/C20H23NO5/c1-14(16-7-5-4-6-8-16)21-19(22)13-26-20(23)12-15-9-10-17(24-2)18(11-15)25-3/h4-11,14H,12-13H2,1-3H3,(H,21,22)/t14-/m0/s1. The summed E-state index contributed by atoms with van der Waals surface area (Å²) >= 11 is 0. The van der Waals surface area contributed by atoms with E-state index in [0.717, 1.165) is 5.56 Å². The van der Waals surface area contributed by atoms with E-state index in [9.17, 15) is 9.59 Å². The van der Waals surface area contributed by atoms with Gasteiger partial charge >= 0.3 is 5.97 Å². The van der Waals surface area contributed by atoms with Gasteiger partial charge in [0.25, 0.3) is 5.91 Å². The number of methoxy groups -OCH3 is 2. The number of esters is 1. The molecule has 6 heteroatoms. The van der Waals surface area contributed by atoms with Crippen LogP contribution in [0.25, 0.3) is 0 Å². The van der Waals surface area contributed by atoms with Crippen LogP contribution in [-0.4, -0.2) is 32.7 Å². The number of rotatable bonds is 8. The third-order valence-electron chi connectivity index (χ3n) is 3.84. The molecule has 0 radical (unpaired) electrons. The van der Waals surface area contributed by atoms with Crippen molar-refractivity contribution >= 4 is 11.9 Å². The van der Waals surface area contributed by atoms with Crippen LogP contribution < -0.4 is 14.8 Å². The molecule has 2 aromatic carbocycles. The molecule has 0 aliphatic rings. The highest BCUT2D eigenvalue weighted by atomic mass is 16.5. The zero-order valence-electron chi connectivity index (χ0n) is 15.2. The quantitative estimate of drug-likeness (QED) is 0.735. The molecule has 0 unspecified atom stereocenters. The Kier molecular flexibility index (Phi) is 7.02. The van der Waals surface area contributed by atoms with E-state index in [1.165, 1.54) is 7.11 Å². The summed E-state index contributed by atoms with van der Waals surface area (Å²) < 4.78 is 15.4. The van der Waals surface area contributed by atoms with Gasteiger partial charge in [0.2, 0.25) is 0 Å². The second kappa shape index (κ2) is 9.46. The Hall–Kier alpha value is -3.02. The second-order valence-corrected chi connectivity index (χ2v) is 5.73. The van der Waals surface area contributed by atoms with Gasteiger partial charge in [0.1, 0.15) is 0 Å². The molecule has 0 spiro atoms. The van der Waals surface area contributed by atoms with Crippen molar-refractivity contribution in [3.05, 3.63) is 59.7 Å². The van der Waals surface area contributed by atoms with Crippen LogP contribution >= 0.6 is 0 Å². The van der Waals surface area contributed by atoms with Crippen LogP contribution in [-0.2, 0) is 20.7 Å². The van der Waals surface area contributed by atoms with E-state index in [4.69, 9.17) is 14.2 Å². The summed E-state index contributed by atoms with van der Waals surface area (Å²) in [6, 6.07) is 14.6. The van der Waals surface area contributed by atoms with E-state index in [1.807, 2.05) is 37.3 Å². The molecule has 26 heavy (non-hydrogen) atoms. The molecule has 0 fully saturated rings. The zero-order valence-corrected chi connectivity index (χ0v) is 15.2. The molecule has 2 aromatic rings. The minimum atomic E-state index is -0.486. The highest BCUT2D eigenvalue weighted by Gasteiger charge is 2.13. The number of nitrogens with one attached hydrogen (secondary N) is 1. The minimum absolute atomic E-state index is 0.0435. The first kappa shape index (κ1) is 19.3. The molecular formula is C20H23NO5. The van der Waals surface area contributed by atoms with Crippen molar-refractivity contribution < 1.29 is 23.8 Å². The summed E-state index contributed by atoms with van der Waals surface area (Å²) in [5.41, 5.74) is 1.70. The lowest BCUT2D eigenvalue weighted by Crippen LogP contribution is -2.31. The topological polar surface area (TPSA) is 73.9 Å². The van der Waals surface area contributed by atoms with E-state index >= 15 is 0 Å². The van der Waals surface area contributed by atoms with Gasteiger partial charge in [-0.2, -0.15) is 0 Å². The lowest BCUT2D eigenvalue weighted by Gasteiger charge is -2.14. The van der Waals surface area contributed by atoms with Gasteiger partial charge in [-0.15, -0.1) is 0 Å². The first-order valence-electron chi connectivity index (χ1n) is 8.24. The van der Waals surface area contributed by atoms with Gasteiger partial charge in [-0.25, -0.2) is 0 Å². The summed E-state index contributed by atoms with van der Waals surface area (Å²) in [5.74, 6) is 0.285. The third-order valence-corrected chi connectivity index (χ3v) is 3.84. The average Bonchev–Trinajstić information content (AvgIpc) is 2.67. The summed E-state index contributed by atoms with van der Waals surface area (Å²) in [4.78, 5) is 23.9. The van der Waals surface area contributed by atoms with Crippen LogP contribution in [0.15, 0.2) is 48.5 Å². The molecule has 0 saturated carbocycles. The summed E-state index contributed by atoms with van der Waals surface area (Å²) in [6.45, 7) is 1.56. The maximum Gasteiger partial charge on any atom is 0.310 e. The van der Waals surface area contributed by atoms with Gasteiger partial charge in [0.05, 0.1) is 26.7 Å². The van der Waals surface area contributed by atoms with Crippen molar-refractivity contribution in [2.75, 3.05) is 20.8 Å². The Balaban J connectivity index is 1.82. The molecule has 1 N–H and O–H groups in total. The molecule has 0 saturated heterocycles. The number of hydrogen-bond acceptors (Lipinski definition) is 5. The number of carbonyl (C=O) groups is 2. The molecular weight excluding hydrogens is 334 g/mol. The van der Waals surface area contributed by atoms with Crippen molar-refractivity contribution in [2.24, 2.45) is 0 Å². The Morgan fingerprint density at radius 2 is 1.69 bits per heavy atom. The third kappa shape index (κ3) is 5.51. The SMILES string of the molecule is COc1ccc(CC(=O)OCC(=O)N[C@@H](C)c2ccccc2)cc1OC. The molecule has 0 aromatic heterocycles. The molecule has 0 aliphatic carbocycles. The number of hydrogen-bond donors (Lipinski definition) is 1. The number of benzene rings is 2.